The van der Waals surface area contributed by atoms with Crippen molar-refractivity contribution >= 4 is 17.9 Å². The highest BCUT2D eigenvalue weighted by molar-refractivity contribution is 5.70. The van der Waals surface area contributed by atoms with Crippen molar-refractivity contribution in [2.45, 2.75) is 187 Å². The molecule has 0 saturated carbocycles. The third-order valence-corrected chi connectivity index (χ3v) is 9.86. The molecule has 0 aliphatic heterocycles. The van der Waals surface area contributed by atoms with Crippen LogP contribution in [-0.4, -0.2) is 75.5 Å². The number of carboxylic acids is 1. The number of likely N-dealkylation sites (N-methyl/N-ethyl adjacent to an activating group) is 1. The number of hydrogen-bond acceptors (Lipinski definition) is 7. The standard InChI is InChI=1S/C50H85NO7/c1-6-8-10-12-14-16-18-20-21-22-23-24-25-26-27-29-31-33-35-37-39-41-49(53)58-46(44-56-43-42-47(50(54)55)51(3,4)5)45-57-48(52)40-38-36-34-32-30-28-19-17-15-13-11-9-7-2/h8,10,14,16,20-21,23-24,26-27,31,33,46-47H,6-7,9,11-13,15,17-19,22,25,28-30,32,34-45H2,1-5H3/b10-8+,16-14+,21-20+,24-23+,27-26+,33-31+. The van der Waals surface area contributed by atoms with E-state index in [1.165, 1.54) is 64.2 Å². The van der Waals surface area contributed by atoms with Crippen molar-refractivity contribution in [3.63, 3.8) is 0 Å². The number of hydrogen-bond donors (Lipinski definition) is 0. The Labute approximate surface area is 355 Å². The molecule has 332 valence electrons. The predicted octanol–water partition coefficient (Wildman–Crippen LogP) is 11.4. The van der Waals surface area contributed by atoms with Crippen LogP contribution in [0.3, 0.4) is 0 Å². The van der Waals surface area contributed by atoms with E-state index >= 15 is 0 Å². The lowest BCUT2D eigenvalue weighted by atomic mass is 10.0. The first-order valence-corrected chi connectivity index (χ1v) is 23.0. The monoisotopic (exact) mass is 812 g/mol. The molecule has 58 heavy (non-hydrogen) atoms. The fourth-order valence-corrected chi connectivity index (χ4v) is 6.31. The van der Waals surface area contributed by atoms with Crippen LogP contribution in [0.2, 0.25) is 0 Å². The summed E-state index contributed by atoms with van der Waals surface area (Å²) in [4.78, 5) is 36.9. The Hall–Kier alpha value is -3.23. The van der Waals surface area contributed by atoms with E-state index in [9.17, 15) is 19.5 Å². The number of rotatable bonds is 40. The first-order chi connectivity index (χ1) is 28.1. The second-order valence-electron chi connectivity index (χ2n) is 16.3. The van der Waals surface area contributed by atoms with E-state index < -0.39 is 18.1 Å². The number of carbonyl (C=O) groups excluding carboxylic acids is 3. The van der Waals surface area contributed by atoms with Crippen LogP contribution in [0.15, 0.2) is 72.9 Å². The molecule has 2 atom stereocenters. The summed E-state index contributed by atoms with van der Waals surface area (Å²) >= 11 is 0. The van der Waals surface area contributed by atoms with E-state index in [4.69, 9.17) is 14.2 Å². The van der Waals surface area contributed by atoms with Gasteiger partial charge in [-0.25, -0.2) is 0 Å². The highest BCUT2D eigenvalue weighted by Gasteiger charge is 2.25. The van der Waals surface area contributed by atoms with Crippen molar-refractivity contribution in [2.24, 2.45) is 0 Å². The molecule has 0 aromatic carbocycles. The molecule has 0 aromatic rings. The average molecular weight is 812 g/mol. The number of allylic oxidation sites excluding steroid dienone is 12. The molecular weight excluding hydrogens is 727 g/mol. The highest BCUT2D eigenvalue weighted by atomic mass is 16.6. The molecule has 8 heteroatoms. The van der Waals surface area contributed by atoms with Gasteiger partial charge in [0.05, 0.1) is 40.3 Å². The number of carboxylic acid groups (broad SMARTS) is 1. The van der Waals surface area contributed by atoms with Gasteiger partial charge in [0, 0.05) is 19.3 Å². The van der Waals surface area contributed by atoms with Gasteiger partial charge in [0.2, 0.25) is 0 Å². The quantitative estimate of drug-likeness (QED) is 0.0263. The Morgan fingerprint density at radius 1 is 0.534 bits per heavy atom. The summed E-state index contributed by atoms with van der Waals surface area (Å²) < 4.78 is 17.1. The summed E-state index contributed by atoms with van der Waals surface area (Å²) in [5, 5.41) is 11.6. The van der Waals surface area contributed by atoms with Crippen LogP contribution in [0, 0.1) is 0 Å². The molecule has 0 bridgehead atoms. The maximum atomic E-state index is 12.7. The molecule has 0 fully saturated rings. The molecular formula is C50H85NO7. The Balaban J connectivity index is 4.42. The molecule has 0 N–H and O–H groups in total. The smallest absolute Gasteiger partial charge is 0.306 e. The van der Waals surface area contributed by atoms with Crippen LogP contribution in [0.5, 0.6) is 0 Å². The number of ether oxygens (including phenoxy) is 3. The minimum atomic E-state index is -1.13. The van der Waals surface area contributed by atoms with E-state index in [1.54, 1.807) is 21.1 Å². The van der Waals surface area contributed by atoms with Gasteiger partial charge in [-0.3, -0.25) is 9.59 Å². The maximum Gasteiger partial charge on any atom is 0.306 e. The van der Waals surface area contributed by atoms with Gasteiger partial charge in [-0.05, 0) is 64.2 Å². The first kappa shape index (κ1) is 54.8. The Bertz CT molecular complexity index is 1180. The number of esters is 2. The predicted molar refractivity (Wildman–Crippen MR) is 240 cm³/mol. The summed E-state index contributed by atoms with van der Waals surface area (Å²) in [7, 11) is 5.39. The minimum absolute atomic E-state index is 0.0210. The van der Waals surface area contributed by atoms with Gasteiger partial charge in [-0.1, -0.05) is 164 Å². The minimum Gasteiger partial charge on any atom is -0.544 e. The molecule has 0 aromatic heterocycles. The van der Waals surface area contributed by atoms with E-state index in [0.29, 0.717) is 12.8 Å². The zero-order valence-electron chi connectivity index (χ0n) is 37.7. The molecule has 8 nitrogen and oxygen atoms in total. The van der Waals surface area contributed by atoms with Gasteiger partial charge in [-0.2, -0.15) is 0 Å². The SMILES string of the molecule is CC/C=C/C/C=C/C/C=C/C/C=C/C/C=C/C/C=C/CCCCC(=O)OC(COCCC(C(=O)[O-])[N+](C)(C)C)COC(=O)CCCCCCCCCCCCCCC. The fraction of sp³-hybridized carbons (Fsp3) is 0.700. The maximum absolute atomic E-state index is 12.7. The highest BCUT2D eigenvalue weighted by Crippen LogP contribution is 2.14. The summed E-state index contributed by atoms with van der Waals surface area (Å²) in [6, 6.07) is -0.736. The fourth-order valence-electron chi connectivity index (χ4n) is 6.31. The molecule has 0 rings (SSSR count). The second-order valence-corrected chi connectivity index (χ2v) is 16.3. The zero-order valence-corrected chi connectivity index (χ0v) is 37.7. The molecule has 2 unspecified atom stereocenters. The Morgan fingerprint density at radius 2 is 0.966 bits per heavy atom. The van der Waals surface area contributed by atoms with Gasteiger partial charge in [-0.15, -0.1) is 0 Å². The largest absolute Gasteiger partial charge is 0.544 e. The lowest BCUT2D eigenvalue weighted by molar-refractivity contribution is -0.889. The molecule has 0 saturated heterocycles. The van der Waals surface area contributed by atoms with Crippen molar-refractivity contribution in [1.82, 2.24) is 0 Å². The van der Waals surface area contributed by atoms with Crippen LogP contribution in [-0.2, 0) is 28.6 Å². The van der Waals surface area contributed by atoms with Crippen LogP contribution >= 0.6 is 0 Å². The first-order valence-electron chi connectivity index (χ1n) is 23.0. The third kappa shape index (κ3) is 38.3. The molecule has 0 amide bonds. The Morgan fingerprint density at radius 3 is 1.43 bits per heavy atom. The molecule has 0 aliphatic rings. The molecule has 0 spiro atoms. The van der Waals surface area contributed by atoms with E-state index in [2.05, 4.69) is 86.8 Å². The van der Waals surface area contributed by atoms with Crippen LogP contribution in [0.4, 0.5) is 0 Å². The second kappa shape index (κ2) is 40.5. The van der Waals surface area contributed by atoms with E-state index in [0.717, 1.165) is 70.6 Å². The zero-order chi connectivity index (χ0) is 42.8. The van der Waals surface area contributed by atoms with Crippen LogP contribution in [0.25, 0.3) is 0 Å². The van der Waals surface area contributed by atoms with Gasteiger partial charge >= 0.3 is 11.9 Å². The Kier molecular flexibility index (Phi) is 38.3. The molecule has 0 aliphatic carbocycles. The third-order valence-electron chi connectivity index (χ3n) is 9.86. The van der Waals surface area contributed by atoms with Crippen molar-refractivity contribution in [1.29, 1.82) is 0 Å². The normalized spacial score (nSPS) is 13.6. The van der Waals surface area contributed by atoms with Crippen molar-refractivity contribution in [3.8, 4) is 0 Å². The number of carbonyl (C=O) groups is 3. The molecule has 0 heterocycles. The van der Waals surface area contributed by atoms with Crippen molar-refractivity contribution in [2.75, 3.05) is 41.0 Å². The lowest BCUT2D eigenvalue weighted by Gasteiger charge is -2.34. The van der Waals surface area contributed by atoms with Gasteiger partial charge < -0.3 is 28.6 Å². The molecule has 0 radical (unpaired) electrons. The van der Waals surface area contributed by atoms with Gasteiger partial charge in [0.25, 0.3) is 0 Å². The van der Waals surface area contributed by atoms with Crippen molar-refractivity contribution < 1.29 is 38.2 Å². The number of unbranched alkanes of at least 4 members (excludes halogenated alkanes) is 14. The number of quaternary nitrogens is 1. The summed E-state index contributed by atoms with van der Waals surface area (Å²) in [5.41, 5.74) is 0. The topological polar surface area (TPSA) is 102 Å². The van der Waals surface area contributed by atoms with Gasteiger partial charge in [0.1, 0.15) is 12.6 Å². The van der Waals surface area contributed by atoms with E-state index in [1.807, 2.05) is 0 Å². The summed E-state index contributed by atoms with van der Waals surface area (Å²) in [6.07, 6.45) is 50.7. The summed E-state index contributed by atoms with van der Waals surface area (Å²) in [5.74, 6) is -1.80. The number of nitrogens with zero attached hydrogens (tertiary/aromatic N) is 1. The van der Waals surface area contributed by atoms with Crippen LogP contribution in [0.1, 0.15) is 174 Å². The average Bonchev–Trinajstić information content (AvgIpc) is 3.18. The van der Waals surface area contributed by atoms with Crippen molar-refractivity contribution in [3.05, 3.63) is 72.9 Å². The summed E-state index contributed by atoms with van der Waals surface area (Å²) in [6.45, 7) is 4.49. The lowest BCUT2D eigenvalue weighted by Crippen LogP contribution is -2.55. The number of aliphatic carboxylic acids is 1. The van der Waals surface area contributed by atoms with E-state index in [-0.39, 0.29) is 49.1 Å². The van der Waals surface area contributed by atoms with Crippen LogP contribution < -0.4 is 5.11 Å². The van der Waals surface area contributed by atoms with Gasteiger partial charge in [0.15, 0.2) is 6.10 Å².